The second-order valence-corrected chi connectivity index (χ2v) is 5.22. The predicted molar refractivity (Wildman–Crippen MR) is 83.3 cm³/mol. The third-order valence-electron chi connectivity index (χ3n) is 3.08. The first-order valence-electron chi connectivity index (χ1n) is 6.28. The van der Waals surface area contributed by atoms with Gasteiger partial charge in [0.25, 0.3) is 0 Å². The van der Waals surface area contributed by atoms with E-state index in [1.165, 1.54) is 10.5 Å². The summed E-state index contributed by atoms with van der Waals surface area (Å²) >= 11 is 1.75. The zero-order valence-corrected chi connectivity index (χ0v) is 12.3. The minimum absolute atomic E-state index is 0.205. The lowest BCUT2D eigenvalue weighted by molar-refractivity contribution is 0.408. The number of hydrogen-bond donors (Lipinski definition) is 1. The molecule has 0 aliphatic rings. The summed E-state index contributed by atoms with van der Waals surface area (Å²) in [7, 11) is 1.71. The molecule has 2 nitrogen and oxygen atoms in total. The molecule has 100 valence electrons. The van der Waals surface area contributed by atoms with E-state index < -0.39 is 0 Å². The highest BCUT2D eigenvalue weighted by Gasteiger charge is 2.10. The van der Waals surface area contributed by atoms with Crippen molar-refractivity contribution >= 4 is 17.4 Å². The van der Waals surface area contributed by atoms with Crippen molar-refractivity contribution < 1.29 is 4.74 Å². The van der Waals surface area contributed by atoms with Gasteiger partial charge in [-0.15, -0.1) is 11.8 Å². The molecule has 0 heterocycles. The molecule has 2 aromatic carbocycles. The first kappa shape index (κ1) is 13.8. The summed E-state index contributed by atoms with van der Waals surface area (Å²) in [4.78, 5) is 1.27. The van der Waals surface area contributed by atoms with E-state index in [4.69, 9.17) is 4.74 Å². The van der Waals surface area contributed by atoms with Crippen LogP contribution in [0.3, 0.4) is 0 Å². The van der Waals surface area contributed by atoms with Gasteiger partial charge in [0.05, 0.1) is 13.2 Å². The van der Waals surface area contributed by atoms with E-state index in [-0.39, 0.29) is 6.04 Å². The summed E-state index contributed by atoms with van der Waals surface area (Å²) in [5, 5.41) is 3.49. The van der Waals surface area contributed by atoms with E-state index in [0.717, 1.165) is 11.4 Å². The number of methoxy groups -OCH3 is 1. The maximum atomic E-state index is 5.40. The number of benzene rings is 2. The smallest absolute Gasteiger partial charge is 0.124 e. The minimum Gasteiger partial charge on any atom is -0.496 e. The van der Waals surface area contributed by atoms with Crippen molar-refractivity contribution in [2.24, 2.45) is 0 Å². The van der Waals surface area contributed by atoms with E-state index in [1.807, 2.05) is 18.2 Å². The summed E-state index contributed by atoms with van der Waals surface area (Å²) in [6.07, 6.45) is 2.08. The third kappa shape index (κ3) is 3.44. The fraction of sp³-hybridized carbons (Fsp3) is 0.250. The Balaban J connectivity index is 2.13. The van der Waals surface area contributed by atoms with Crippen molar-refractivity contribution in [1.82, 2.24) is 0 Å². The van der Waals surface area contributed by atoms with Gasteiger partial charge in [-0.3, -0.25) is 0 Å². The van der Waals surface area contributed by atoms with Gasteiger partial charge in [0, 0.05) is 16.1 Å². The molecule has 0 radical (unpaired) electrons. The molecule has 0 saturated carbocycles. The summed E-state index contributed by atoms with van der Waals surface area (Å²) in [6, 6.07) is 16.8. The number of rotatable bonds is 5. The van der Waals surface area contributed by atoms with Crippen LogP contribution in [0, 0.1) is 0 Å². The quantitative estimate of drug-likeness (QED) is 0.805. The molecule has 2 rings (SSSR count). The number of anilines is 1. The lowest BCUT2D eigenvalue weighted by Crippen LogP contribution is -2.07. The van der Waals surface area contributed by atoms with Crippen LogP contribution in [0.4, 0.5) is 5.69 Å². The first-order chi connectivity index (χ1) is 9.24. The van der Waals surface area contributed by atoms with Gasteiger partial charge in [-0.2, -0.15) is 0 Å². The van der Waals surface area contributed by atoms with Crippen LogP contribution in [0.5, 0.6) is 5.75 Å². The Bertz CT molecular complexity index is 525. The molecule has 0 saturated heterocycles. The van der Waals surface area contributed by atoms with Crippen molar-refractivity contribution in [1.29, 1.82) is 0 Å². The Morgan fingerprint density at radius 1 is 1.05 bits per heavy atom. The average molecular weight is 273 g/mol. The zero-order chi connectivity index (χ0) is 13.7. The summed E-state index contributed by atoms with van der Waals surface area (Å²) in [6.45, 7) is 2.14. The molecule has 2 aromatic rings. The van der Waals surface area contributed by atoms with Crippen LogP contribution in [0.15, 0.2) is 53.4 Å². The molecule has 0 aliphatic heterocycles. The molecule has 0 aliphatic carbocycles. The number of thioether (sulfide) groups is 1. The fourth-order valence-corrected chi connectivity index (χ4v) is 2.45. The van der Waals surface area contributed by atoms with Crippen LogP contribution in [0.25, 0.3) is 0 Å². The Morgan fingerprint density at radius 3 is 2.37 bits per heavy atom. The van der Waals surface area contributed by atoms with Gasteiger partial charge in [0.15, 0.2) is 0 Å². The van der Waals surface area contributed by atoms with Crippen molar-refractivity contribution in [3.05, 3.63) is 54.1 Å². The second-order valence-electron chi connectivity index (χ2n) is 4.34. The largest absolute Gasteiger partial charge is 0.496 e. The Labute approximate surface area is 119 Å². The Kier molecular flexibility index (Phi) is 4.74. The van der Waals surface area contributed by atoms with Crippen molar-refractivity contribution in [3.8, 4) is 5.75 Å². The molecule has 0 bridgehead atoms. The normalized spacial score (nSPS) is 11.9. The van der Waals surface area contributed by atoms with Gasteiger partial charge in [-0.05, 0) is 43.5 Å². The van der Waals surface area contributed by atoms with Gasteiger partial charge in [0.2, 0.25) is 0 Å². The Morgan fingerprint density at radius 2 is 1.74 bits per heavy atom. The molecule has 0 amide bonds. The van der Waals surface area contributed by atoms with E-state index in [9.17, 15) is 0 Å². The van der Waals surface area contributed by atoms with Crippen molar-refractivity contribution in [2.75, 3.05) is 18.7 Å². The van der Waals surface area contributed by atoms with Crippen LogP contribution in [-0.4, -0.2) is 13.4 Å². The predicted octanol–water partition coefficient (Wildman–Crippen LogP) is 4.59. The van der Waals surface area contributed by atoms with Gasteiger partial charge >= 0.3 is 0 Å². The van der Waals surface area contributed by atoms with Crippen molar-refractivity contribution in [3.63, 3.8) is 0 Å². The molecule has 3 heteroatoms. The van der Waals surface area contributed by atoms with Gasteiger partial charge in [0.1, 0.15) is 5.75 Å². The topological polar surface area (TPSA) is 21.3 Å². The fourth-order valence-electron chi connectivity index (χ4n) is 2.04. The SMILES string of the molecule is COc1ccccc1C(C)Nc1ccc(SC)cc1. The molecule has 1 unspecified atom stereocenters. The maximum absolute atomic E-state index is 5.40. The van der Waals surface area contributed by atoms with Gasteiger partial charge in [-0.1, -0.05) is 18.2 Å². The molecule has 0 fully saturated rings. The average Bonchev–Trinajstić information content (AvgIpc) is 2.48. The number of nitrogens with one attached hydrogen (secondary N) is 1. The van der Waals surface area contributed by atoms with Crippen LogP contribution in [0.2, 0.25) is 0 Å². The van der Waals surface area contributed by atoms with Crippen LogP contribution in [-0.2, 0) is 0 Å². The van der Waals surface area contributed by atoms with E-state index >= 15 is 0 Å². The number of hydrogen-bond acceptors (Lipinski definition) is 3. The van der Waals surface area contributed by atoms with E-state index in [2.05, 4.69) is 48.8 Å². The lowest BCUT2D eigenvalue weighted by Gasteiger charge is -2.18. The third-order valence-corrected chi connectivity index (χ3v) is 3.82. The molecule has 0 aromatic heterocycles. The number of para-hydroxylation sites is 1. The zero-order valence-electron chi connectivity index (χ0n) is 11.5. The molecule has 1 atom stereocenters. The standard InChI is InChI=1S/C16H19NOS/c1-12(15-6-4-5-7-16(15)18-2)17-13-8-10-14(19-3)11-9-13/h4-12,17H,1-3H3. The summed E-state index contributed by atoms with van der Waals surface area (Å²) in [5.74, 6) is 0.920. The lowest BCUT2D eigenvalue weighted by atomic mass is 10.1. The summed E-state index contributed by atoms with van der Waals surface area (Å²) < 4.78 is 5.40. The molecular weight excluding hydrogens is 254 g/mol. The van der Waals surface area contributed by atoms with Gasteiger partial charge < -0.3 is 10.1 Å². The van der Waals surface area contributed by atoms with Gasteiger partial charge in [-0.25, -0.2) is 0 Å². The van der Waals surface area contributed by atoms with Crippen LogP contribution < -0.4 is 10.1 Å². The molecule has 19 heavy (non-hydrogen) atoms. The monoisotopic (exact) mass is 273 g/mol. The molecule has 0 spiro atoms. The first-order valence-corrected chi connectivity index (χ1v) is 7.50. The van der Waals surface area contributed by atoms with Crippen LogP contribution in [0.1, 0.15) is 18.5 Å². The maximum Gasteiger partial charge on any atom is 0.124 e. The second kappa shape index (κ2) is 6.53. The molecule has 1 N–H and O–H groups in total. The minimum atomic E-state index is 0.205. The Hall–Kier alpha value is -1.61. The van der Waals surface area contributed by atoms with E-state index in [0.29, 0.717) is 0 Å². The van der Waals surface area contributed by atoms with Crippen molar-refractivity contribution in [2.45, 2.75) is 17.9 Å². The highest BCUT2D eigenvalue weighted by Crippen LogP contribution is 2.28. The highest BCUT2D eigenvalue weighted by molar-refractivity contribution is 7.98. The number of ether oxygens (including phenoxy) is 1. The summed E-state index contributed by atoms with van der Waals surface area (Å²) in [5.41, 5.74) is 2.29. The molecular formula is C16H19NOS. The van der Waals surface area contributed by atoms with Crippen LogP contribution >= 0.6 is 11.8 Å². The highest BCUT2D eigenvalue weighted by atomic mass is 32.2. The van der Waals surface area contributed by atoms with E-state index in [1.54, 1.807) is 18.9 Å².